The highest BCUT2D eigenvalue weighted by molar-refractivity contribution is 7.90. The normalized spacial score (nSPS) is 13.5. The zero-order chi connectivity index (χ0) is 12.3. The second-order valence-electron chi connectivity index (χ2n) is 3.58. The van der Waals surface area contributed by atoms with E-state index in [0.29, 0.717) is 5.01 Å². The monoisotopic (exact) mass is 268 g/mol. The number of thiazole rings is 1. The van der Waals surface area contributed by atoms with Crippen LogP contribution in [0.5, 0.6) is 0 Å². The van der Waals surface area contributed by atoms with Crippen LogP contribution in [0.2, 0.25) is 0 Å². The van der Waals surface area contributed by atoms with Gasteiger partial charge in [0.2, 0.25) is 0 Å². The molecule has 0 saturated heterocycles. The van der Waals surface area contributed by atoms with Crippen molar-refractivity contribution in [2.24, 2.45) is 5.73 Å². The third-order valence-electron chi connectivity index (χ3n) is 2.29. The van der Waals surface area contributed by atoms with Gasteiger partial charge in [-0.2, -0.15) is 0 Å². The number of nitrogens with two attached hydrogens (primary N) is 1. The summed E-state index contributed by atoms with van der Waals surface area (Å²) in [5.74, 6) is -0.0609. The van der Waals surface area contributed by atoms with Crippen molar-refractivity contribution < 1.29 is 8.42 Å². The topological polar surface area (TPSA) is 73.0 Å². The maximum atomic E-state index is 12.0. The van der Waals surface area contributed by atoms with Crippen molar-refractivity contribution in [3.8, 4) is 0 Å². The first-order valence-corrected chi connectivity index (χ1v) is 7.59. The smallest absolute Gasteiger partial charge is 0.176 e. The van der Waals surface area contributed by atoms with E-state index >= 15 is 0 Å². The minimum absolute atomic E-state index is 0.0609. The van der Waals surface area contributed by atoms with Crippen LogP contribution in [0, 0.1) is 0 Å². The van der Waals surface area contributed by atoms with Crippen LogP contribution in [0.15, 0.2) is 41.9 Å². The molecular weight excluding hydrogens is 256 g/mol. The summed E-state index contributed by atoms with van der Waals surface area (Å²) in [6.07, 6.45) is 1.55. The molecule has 0 fully saturated rings. The molecule has 0 aliphatic rings. The highest BCUT2D eigenvalue weighted by atomic mass is 32.2. The van der Waals surface area contributed by atoms with Crippen LogP contribution in [-0.2, 0) is 15.6 Å². The van der Waals surface area contributed by atoms with E-state index in [-0.39, 0.29) is 5.75 Å². The Kier molecular flexibility index (Phi) is 3.56. The number of sulfone groups is 1. The third-order valence-corrected chi connectivity index (χ3v) is 5.03. The van der Waals surface area contributed by atoms with Crippen LogP contribution in [0.3, 0.4) is 0 Å². The summed E-state index contributed by atoms with van der Waals surface area (Å²) >= 11 is 1.25. The van der Waals surface area contributed by atoms with Gasteiger partial charge in [-0.15, -0.1) is 11.3 Å². The summed E-state index contributed by atoms with van der Waals surface area (Å²) in [6, 6.07) is 8.99. The third kappa shape index (κ3) is 2.91. The molecule has 1 aromatic heterocycles. The lowest BCUT2D eigenvalue weighted by Crippen LogP contribution is -2.23. The standard InChI is InChI=1S/C11H12N2O2S2/c12-10(11-13-6-7-16-11)17(14,15)8-9-4-2-1-3-5-9/h1-7,10H,8,12H2. The number of aromatic nitrogens is 1. The second-order valence-corrected chi connectivity index (χ2v) is 6.63. The molecule has 4 nitrogen and oxygen atoms in total. The first-order chi connectivity index (χ1) is 8.09. The molecule has 1 aromatic carbocycles. The van der Waals surface area contributed by atoms with E-state index in [0.717, 1.165) is 5.56 Å². The van der Waals surface area contributed by atoms with Crippen molar-refractivity contribution in [3.63, 3.8) is 0 Å². The average molecular weight is 268 g/mol. The molecule has 1 heterocycles. The molecule has 0 saturated carbocycles. The number of benzene rings is 1. The van der Waals surface area contributed by atoms with Gasteiger partial charge in [0.15, 0.2) is 15.2 Å². The highest BCUT2D eigenvalue weighted by Crippen LogP contribution is 2.22. The highest BCUT2D eigenvalue weighted by Gasteiger charge is 2.25. The molecule has 0 aliphatic heterocycles. The predicted octanol–water partition coefficient (Wildman–Crippen LogP) is 1.72. The molecule has 2 rings (SSSR count). The molecule has 0 amide bonds. The van der Waals surface area contributed by atoms with Crippen LogP contribution >= 0.6 is 11.3 Å². The van der Waals surface area contributed by atoms with Crippen LogP contribution < -0.4 is 5.73 Å². The first-order valence-electron chi connectivity index (χ1n) is 5.00. The molecule has 1 atom stereocenters. The fourth-order valence-electron chi connectivity index (χ4n) is 1.42. The summed E-state index contributed by atoms with van der Waals surface area (Å²) in [5, 5.41) is 1.11. The second kappa shape index (κ2) is 4.95. The van der Waals surface area contributed by atoms with Gasteiger partial charge in [0, 0.05) is 11.6 Å². The Labute approximate surface area is 104 Å². The zero-order valence-corrected chi connectivity index (χ0v) is 10.6. The maximum Gasteiger partial charge on any atom is 0.176 e. The van der Waals surface area contributed by atoms with Gasteiger partial charge in [-0.25, -0.2) is 13.4 Å². The van der Waals surface area contributed by atoms with Crippen molar-refractivity contribution in [1.82, 2.24) is 4.98 Å². The Morgan fingerprint density at radius 3 is 2.59 bits per heavy atom. The summed E-state index contributed by atoms with van der Waals surface area (Å²) in [6.45, 7) is 0. The maximum absolute atomic E-state index is 12.0. The van der Waals surface area contributed by atoms with E-state index in [4.69, 9.17) is 5.73 Å². The van der Waals surface area contributed by atoms with Crippen LogP contribution in [0.4, 0.5) is 0 Å². The molecule has 17 heavy (non-hydrogen) atoms. The van der Waals surface area contributed by atoms with Crippen molar-refractivity contribution in [2.75, 3.05) is 0 Å². The molecule has 2 aromatic rings. The van der Waals surface area contributed by atoms with Crippen molar-refractivity contribution in [3.05, 3.63) is 52.5 Å². The van der Waals surface area contributed by atoms with Crippen LogP contribution in [0.25, 0.3) is 0 Å². The van der Waals surface area contributed by atoms with Gasteiger partial charge in [-0.05, 0) is 5.56 Å². The summed E-state index contributed by atoms with van der Waals surface area (Å²) in [5.41, 5.74) is 6.46. The molecule has 0 aliphatic carbocycles. The lowest BCUT2D eigenvalue weighted by Gasteiger charge is -2.10. The van der Waals surface area contributed by atoms with Gasteiger partial charge in [0.25, 0.3) is 0 Å². The zero-order valence-electron chi connectivity index (χ0n) is 8.98. The molecule has 0 radical (unpaired) electrons. The Bertz CT molecular complexity index is 565. The van der Waals surface area contributed by atoms with Crippen LogP contribution in [0.1, 0.15) is 15.9 Å². The van der Waals surface area contributed by atoms with Crippen molar-refractivity contribution in [2.45, 2.75) is 11.1 Å². The minimum atomic E-state index is -3.41. The van der Waals surface area contributed by atoms with E-state index < -0.39 is 15.2 Å². The summed E-state index contributed by atoms with van der Waals surface area (Å²) < 4.78 is 24.1. The van der Waals surface area contributed by atoms with E-state index in [9.17, 15) is 8.42 Å². The van der Waals surface area contributed by atoms with E-state index in [1.165, 1.54) is 11.3 Å². The average Bonchev–Trinajstić information content (AvgIpc) is 2.82. The van der Waals surface area contributed by atoms with Crippen LogP contribution in [-0.4, -0.2) is 13.4 Å². The Morgan fingerprint density at radius 1 is 1.29 bits per heavy atom. The summed E-state index contributed by atoms with van der Waals surface area (Å²) in [4.78, 5) is 3.94. The molecule has 90 valence electrons. The molecule has 6 heteroatoms. The first kappa shape index (κ1) is 12.2. The predicted molar refractivity (Wildman–Crippen MR) is 68.1 cm³/mol. The number of hydrogen-bond acceptors (Lipinski definition) is 5. The SMILES string of the molecule is NC(c1nccs1)S(=O)(=O)Cc1ccccc1. The Hall–Kier alpha value is -1.24. The van der Waals surface area contributed by atoms with Gasteiger partial charge >= 0.3 is 0 Å². The van der Waals surface area contributed by atoms with Gasteiger partial charge in [-0.3, -0.25) is 0 Å². The molecule has 0 bridgehead atoms. The largest absolute Gasteiger partial charge is 0.309 e. The number of rotatable bonds is 4. The molecular formula is C11H12N2O2S2. The quantitative estimate of drug-likeness (QED) is 0.916. The molecule has 2 N–H and O–H groups in total. The number of nitrogens with zero attached hydrogens (tertiary/aromatic N) is 1. The Morgan fingerprint density at radius 2 is 2.00 bits per heavy atom. The van der Waals surface area contributed by atoms with Gasteiger partial charge < -0.3 is 5.73 Å². The Balaban J connectivity index is 2.20. The molecule has 0 spiro atoms. The van der Waals surface area contributed by atoms with Gasteiger partial charge in [0.05, 0.1) is 5.75 Å². The van der Waals surface area contributed by atoms with E-state index in [1.54, 1.807) is 35.8 Å². The number of hydrogen-bond donors (Lipinski definition) is 1. The van der Waals surface area contributed by atoms with Gasteiger partial charge in [0.1, 0.15) is 5.01 Å². The minimum Gasteiger partial charge on any atom is -0.309 e. The fraction of sp³-hybridized carbons (Fsp3) is 0.182. The lowest BCUT2D eigenvalue weighted by molar-refractivity contribution is 0.582. The summed E-state index contributed by atoms with van der Waals surface area (Å²) in [7, 11) is -3.41. The van der Waals surface area contributed by atoms with Gasteiger partial charge in [-0.1, -0.05) is 30.3 Å². The van der Waals surface area contributed by atoms with Crippen molar-refractivity contribution in [1.29, 1.82) is 0 Å². The van der Waals surface area contributed by atoms with Crippen molar-refractivity contribution >= 4 is 21.2 Å². The lowest BCUT2D eigenvalue weighted by atomic mass is 10.2. The molecule has 1 unspecified atom stereocenters. The van der Waals surface area contributed by atoms with E-state index in [1.807, 2.05) is 6.07 Å². The van der Waals surface area contributed by atoms with E-state index in [2.05, 4.69) is 4.98 Å². The fourth-order valence-corrected chi connectivity index (χ4v) is 3.75.